The number of anilines is 6. The van der Waals surface area contributed by atoms with Gasteiger partial charge in [-0.3, -0.25) is 0 Å². The van der Waals surface area contributed by atoms with E-state index in [0.29, 0.717) is 0 Å². The molecule has 15 rings (SSSR count). The van der Waals surface area contributed by atoms with Crippen molar-refractivity contribution in [2.45, 2.75) is 90.9 Å². The number of hydrogen-bond acceptors (Lipinski definition) is 3. The van der Waals surface area contributed by atoms with E-state index in [2.05, 4.69) is 291 Å². The third-order valence-corrected chi connectivity index (χ3v) is 19.4. The third kappa shape index (κ3) is 7.04. The van der Waals surface area contributed by atoms with E-state index in [1.165, 1.54) is 143 Å². The van der Waals surface area contributed by atoms with Crippen LogP contribution in [0.2, 0.25) is 0 Å². The second-order valence-electron chi connectivity index (χ2n) is 26.2. The number of aryl methyl sites for hydroxylation is 1. The molecule has 0 fully saturated rings. The maximum absolute atomic E-state index is 2.65. The molecule has 0 saturated carbocycles. The molecule has 0 N–H and O–H groups in total. The minimum absolute atomic E-state index is 0.00963. The zero-order valence-corrected chi connectivity index (χ0v) is 48.4. The normalized spacial score (nSPS) is 14.4. The van der Waals surface area contributed by atoms with E-state index in [-0.39, 0.29) is 23.0 Å². The molecule has 0 bridgehead atoms. The highest BCUT2D eigenvalue weighted by Gasteiger charge is 2.53. The monoisotopic (exact) mass is 1050 g/mol. The molecule has 80 heavy (non-hydrogen) atoms. The number of thiophene rings is 1. The fourth-order valence-corrected chi connectivity index (χ4v) is 15.6. The summed E-state index contributed by atoms with van der Waals surface area (Å²) >= 11 is 2.01. The van der Waals surface area contributed by atoms with Gasteiger partial charge in [0.05, 0.1) is 11.1 Å². The summed E-state index contributed by atoms with van der Waals surface area (Å²) in [6, 6.07) is 82.2. The molecule has 10 aromatic carbocycles. The lowest BCUT2D eigenvalue weighted by Gasteiger charge is -2.43. The first-order valence-electron chi connectivity index (χ1n) is 28.7. The molecule has 0 saturated heterocycles. The summed E-state index contributed by atoms with van der Waals surface area (Å²) in [6.07, 6.45) is 0. The third-order valence-electron chi connectivity index (χ3n) is 18.2. The van der Waals surface area contributed by atoms with Crippen LogP contribution in [0.3, 0.4) is 0 Å². The second-order valence-corrected chi connectivity index (χ2v) is 27.2. The minimum atomic E-state index is -0.472. The molecule has 388 valence electrons. The van der Waals surface area contributed by atoms with Gasteiger partial charge in [0.1, 0.15) is 0 Å². The zero-order valence-electron chi connectivity index (χ0n) is 47.6. The average molecular weight is 1050 g/mol. The maximum Gasteiger partial charge on any atom is 0.264 e. The quantitative estimate of drug-likeness (QED) is 0.162. The Morgan fingerprint density at radius 1 is 0.388 bits per heavy atom. The Balaban J connectivity index is 1.04. The molecule has 4 aliphatic rings. The largest absolute Gasteiger partial charge is 0.311 e. The lowest BCUT2D eigenvalue weighted by atomic mass is 9.36. The van der Waals surface area contributed by atoms with Gasteiger partial charge < -0.3 is 9.80 Å². The summed E-state index contributed by atoms with van der Waals surface area (Å²) in [6.45, 7) is 23.2. The summed E-state index contributed by atoms with van der Waals surface area (Å²) in [5.41, 5.74) is 30.5. The van der Waals surface area contributed by atoms with Crippen molar-refractivity contribution in [2.75, 3.05) is 9.80 Å². The van der Waals surface area contributed by atoms with Crippen molar-refractivity contribution in [3.8, 4) is 44.5 Å². The first-order valence-corrected chi connectivity index (χ1v) is 29.5. The number of rotatable bonds is 4. The molecule has 1 aromatic heterocycles. The van der Waals surface area contributed by atoms with E-state index in [1.54, 1.807) is 0 Å². The Kier molecular flexibility index (Phi) is 10.5. The second kappa shape index (κ2) is 17.2. The van der Waals surface area contributed by atoms with Gasteiger partial charge in [-0.15, -0.1) is 11.3 Å². The van der Waals surface area contributed by atoms with Gasteiger partial charge in [-0.25, -0.2) is 0 Å². The molecule has 0 unspecified atom stereocenters. The van der Waals surface area contributed by atoms with Gasteiger partial charge in [-0.2, -0.15) is 0 Å². The van der Waals surface area contributed by atoms with Crippen molar-refractivity contribution in [1.82, 2.24) is 0 Å². The Hall–Kier alpha value is -8.18. The lowest BCUT2D eigenvalue weighted by molar-refractivity contribution is 0.588. The predicted molar refractivity (Wildman–Crippen MR) is 344 cm³/mol. The van der Waals surface area contributed by atoms with Gasteiger partial charge in [0.2, 0.25) is 0 Å². The number of fused-ring (bicyclic) bond motifs is 16. The molecule has 0 amide bonds. The Morgan fingerprint density at radius 2 is 0.887 bits per heavy atom. The molecule has 0 atom stereocenters. The van der Waals surface area contributed by atoms with Crippen LogP contribution in [-0.2, 0) is 21.7 Å². The maximum atomic E-state index is 2.65. The Morgan fingerprint density at radius 3 is 1.49 bits per heavy atom. The van der Waals surface area contributed by atoms with E-state index in [0.717, 1.165) is 5.69 Å². The van der Waals surface area contributed by atoms with E-state index < -0.39 is 5.41 Å². The van der Waals surface area contributed by atoms with Crippen molar-refractivity contribution in [3.05, 3.63) is 257 Å². The predicted octanol–water partition coefficient (Wildman–Crippen LogP) is 18.9. The molecule has 11 aromatic rings. The highest BCUT2D eigenvalue weighted by Crippen LogP contribution is 2.64. The van der Waals surface area contributed by atoms with E-state index in [1.807, 2.05) is 11.3 Å². The van der Waals surface area contributed by atoms with Crippen molar-refractivity contribution < 1.29 is 0 Å². The van der Waals surface area contributed by atoms with Crippen LogP contribution in [0, 0.1) is 6.92 Å². The van der Waals surface area contributed by atoms with Crippen LogP contribution in [0.15, 0.2) is 212 Å². The molecule has 1 spiro atoms. The van der Waals surface area contributed by atoms with Crippen LogP contribution in [0.1, 0.15) is 107 Å². The number of nitrogens with zero attached hydrogens (tertiary/aromatic N) is 2. The molecule has 0 radical (unpaired) electrons. The van der Waals surface area contributed by atoms with Crippen molar-refractivity contribution >= 4 is 78.0 Å². The summed E-state index contributed by atoms with van der Waals surface area (Å²) < 4.78 is 2.70. The minimum Gasteiger partial charge on any atom is -0.311 e. The smallest absolute Gasteiger partial charge is 0.264 e. The summed E-state index contributed by atoms with van der Waals surface area (Å²) in [4.78, 5) is 5.24. The van der Waals surface area contributed by atoms with Crippen molar-refractivity contribution in [3.63, 3.8) is 0 Å². The lowest BCUT2D eigenvalue weighted by Crippen LogP contribution is -2.60. The fraction of sp³-hybridized carbons (Fsp3) is 0.184. The van der Waals surface area contributed by atoms with Gasteiger partial charge in [-0.05, 0) is 178 Å². The van der Waals surface area contributed by atoms with Crippen LogP contribution in [0.4, 0.5) is 34.1 Å². The van der Waals surface area contributed by atoms with Crippen LogP contribution in [-0.4, -0.2) is 6.71 Å². The van der Waals surface area contributed by atoms with Crippen LogP contribution in [0.5, 0.6) is 0 Å². The summed E-state index contributed by atoms with van der Waals surface area (Å²) in [5.74, 6) is 0. The molecule has 4 heteroatoms. The Bertz CT molecular complexity index is 4320. The topological polar surface area (TPSA) is 6.48 Å². The Labute approximate surface area is 477 Å². The zero-order chi connectivity index (χ0) is 54.8. The molecule has 2 aliphatic heterocycles. The van der Waals surface area contributed by atoms with Crippen molar-refractivity contribution in [2.24, 2.45) is 0 Å². The fourth-order valence-electron chi connectivity index (χ4n) is 14.2. The van der Waals surface area contributed by atoms with Gasteiger partial charge >= 0.3 is 0 Å². The average Bonchev–Trinajstić information content (AvgIpc) is 2.05. The van der Waals surface area contributed by atoms with Crippen LogP contribution < -0.4 is 25.5 Å². The van der Waals surface area contributed by atoms with Gasteiger partial charge in [0, 0.05) is 43.3 Å². The molecule has 3 heterocycles. The molecule has 2 aliphatic carbocycles. The van der Waals surface area contributed by atoms with Crippen LogP contribution in [0.25, 0.3) is 54.6 Å². The first kappa shape index (κ1) is 48.9. The standard InChI is InChI=1S/C76H65BN2S/c1-46-40-67-70-68(41-46)79(53-36-31-50(32-37-53)74(5,6)7)71-60-44-59-58-38-33-51(75(8,9)10)43-63(58)76(61-26-18-16-24-56(61)57-25-17-19-27-62(57)76)64(59)45-69(60)80-72(71)77(70)65-39-28-48(55-23-15-14-22-54(55)47-20-12-11-13-21-47)42-66(65)78(67)52-34-29-49(30-35-52)73(2,3)4/h11-45H,1-10H3. The van der Waals surface area contributed by atoms with Gasteiger partial charge in [-0.1, -0.05) is 220 Å². The van der Waals surface area contributed by atoms with Crippen molar-refractivity contribution in [1.29, 1.82) is 0 Å². The van der Waals surface area contributed by atoms with Gasteiger partial charge in [0.15, 0.2) is 0 Å². The van der Waals surface area contributed by atoms with E-state index in [9.17, 15) is 0 Å². The highest BCUT2D eigenvalue weighted by molar-refractivity contribution is 7.33. The molecular weight excluding hydrogens is 984 g/mol. The SMILES string of the molecule is Cc1cc2c3c(c1)N(c1ccc(C(C)(C)C)cc1)c1c(sc4cc5c(cc14)-c1ccc(C(C)(C)C)cc1C51c4ccccc4-c4ccccc41)B3c1ccc(-c3ccccc3-c3ccccc3)cc1N2c1ccc(C(C)(C)C)cc1. The van der Waals surface area contributed by atoms with Crippen LogP contribution >= 0.6 is 11.3 Å². The number of benzene rings is 10. The summed E-state index contributed by atoms with van der Waals surface area (Å²) in [7, 11) is 0. The van der Waals surface area contributed by atoms with E-state index in [4.69, 9.17) is 0 Å². The number of hydrogen-bond donors (Lipinski definition) is 0. The summed E-state index contributed by atoms with van der Waals surface area (Å²) in [5, 5.41) is 1.30. The van der Waals surface area contributed by atoms with E-state index >= 15 is 0 Å². The highest BCUT2D eigenvalue weighted by atomic mass is 32.1. The first-order chi connectivity index (χ1) is 38.5. The molecular formula is C76H65BN2S. The van der Waals surface area contributed by atoms with Gasteiger partial charge in [0.25, 0.3) is 6.71 Å². The molecule has 2 nitrogen and oxygen atoms in total.